The molecule has 0 aromatic rings. The number of hydrogen-bond donors (Lipinski definition) is 3. The van der Waals surface area contributed by atoms with Gasteiger partial charge in [0.15, 0.2) is 5.96 Å². The predicted molar refractivity (Wildman–Crippen MR) is 83.4 cm³/mol. The molecule has 1 rings (SSSR count). The summed E-state index contributed by atoms with van der Waals surface area (Å²) in [6.07, 6.45) is 7.35. The summed E-state index contributed by atoms with van der Waals surface area (Å²) in [6.45, 7) is 4.16. The number of aliphatic imine (C=N–C) groups is 1. The summed E-state index contributed by atoms with van der Waals surface area (Å²) in [4.78, 5) is 4.20. The van der Waals surface area contributed by atoms with Crippen LogP contribution in [0, 0.1) is 0 Å². The van der Waals surface area contributed by atoms with E-state index in [1.54, 1.807) is 7.05 Å². The van der Waals surface area contributed by atoms with Crippen molar-refractivity contribution in [2.75, 3.05) is 19.8 Å². The molecule has 0 amide bonds. The number of sulfonamides is 1. The highest BCUT2D eigenvalue weighted by Crippen LogP contribution is 2.17. The molecule has 0 aliphatic heterocycles. The smallest absolute Gasteiger partial charge is 0.209 e. The van der Waals surface area contributed by atoms with Crippen molar-refractivity contribution in [1.82, 2.24) is 15.4 Å². The molecule has 6 nitrogen and oxygen atoms in total. The molecule has 7 heteroatoms. The molecule has 0 heterocycles. The molecule has 0 aromatic heterocycles. The van der Waals surface area contributed by atoms with Crippen LogP contribution in [0.2, 0.25) is 0 Å². The van der Waals surface area contributed by atoms with Crippen molar-refractivity contribution >= 4 is 16.0 Å². The summed E-state index contributed by atoms with van der Waals surface area (Å²) in [6, 6.07) is 0.473. The summed E-state index contributed by atoms with van der Waals surface area (Å²) in [5.74, 6) is 0.736. The van der Waals surface area contributed by atoms with E-state index in [0.29, 0.717) is 12.6 Å². The maximum atomic E-state index is 11.3. The second-order valence-corrected chi connectivity index (χ2v) is 7.91. The van der Waals surface area contributed by atoms with Gasteiger partial charge in [-0.2, -0.15) is 0 Å². The minimum Gasteiger partial charge on any atom is -0.355 e. The fraction of sp³-hybridized carbons (Fsp3) is 0.923. The van der Waals surface area contributed by atoms with Gasteiger partial charge in [-0.15, -0.1) is 0 Å². The molecule has 1 aliphatic rings. The second-order valence-electron chi connectivity index (χ2n) is 6.16. The van der Waals surface area contributed by atoms with Gasteiger partial charge in [-0.3, -0.25) is 4.99 Å². The zero-order chi connectivity index (χ0) is 15.2. The molecule has 1 aliphatic carbocycles. The van der Waals surface area contributed by atoms with Crippen LogP contribution in [0.5, 0.6) is 0 Å². The highest BCUT2D eigenvalue weighted by Gasteiger charge is 2.23. The standard InChI is InChI=1S/C13H28N4O2S/c1-13(2,17-20(4,18)19)10-15-12(14-3)16-11-8-6-5-7-9-11/h11,17H,5-10H2,1-4H3,(H2,14,15,16). The van der Waals surface area contributed by atoms with E-state index < -0.39 is 15.6 Å². The molecule has 0 bridgehead atoms. The van der Waals surface area contributed by atoms with Crippen molar-refractivity contribution in [3.8, 4) is 0 Å². The van der Waals surface area contributed by atoms with E-state index in [4.69, 9.17) is 0 Å². The number of hydrogen-bond acceptors (Lipinski definition) is 3. The maximum absolute atomic E-state index is 11.3. The minimum atomic E-state index is -3.21. The average Bonchev–Trinajstić information content (AvgIpc) is 2.33. The third kappa shape index (κ3) is 7.09. The van der Waals surface area contributed by atoms with E-state index >= 15 is 0 Å². The van der Waals surface area contributed by atoms with Crippen LogP contribution in [0.1, 0.15) is 46.0 Å². The number of rotatable bonds is 5. The summed E-state index contributed by atoms with van der Waals surface area (Å²) in [7, 11) is -1.48. The fourth-order valence-corrected chi connectivity index (χ4v) is 3.55. The highest BCUT2D eigenvalue weighted by molar-refractivity contribution is 7.88. The Hall–Kier alpha value is -0.820. The van der Waals surface area contributed by atoms with Gasteiger partial charge >= 0.3 is 0 Å². The van der Waals surface area contributed by atoms with E-state index in [-0.39, 0.29) is 0 Å². The van der Waals surface area contributed by atoms with Crippen LogP contribution in [0.25, 0.3) is 0 Å². The zero-order valence-corrected chi connectivity index (χ0v) is 13.8. The summed E-state index contributed by atoms with van der Waals surface area (Å²) < 4.78 is 25.2. The van der Waals surface area contributed by atoms with Crippen molar-refractivity contribution in [2.45, 2.75) is 57.5 Å². The van der Waals surface area contributed by atoms with E-state index in [1.165, 1.54) is 38.4 Å². The Bertz CT molecular complexity index is 426. The molecular weight excluding hydrogens is 276 g/mol. The Labute approximate surface area is 122 Å². The molecule has 1 saturated carbocycles. The zero-order valence-electron chi connectivity index (χ0n) is 13.0. The average molecular weight is 304 g/mol. The normalized spacial score (nSPS) is 18.9. The van der Waals surface area contributed by atoms with Gasteiger partial charge in [-0.25, -0.2) is 13.1 Å². The van der Waals surface area contributed by atoms with Crippen LogP contribution in [0.4, 0.5) is 0 Å². The first-order valence-corrected chi connectivity index (χ1v) is 9.07. The van der Waals surface area contributed by atoms with Gasteiger partial charge < -0.3 is 10.6 Å². The quantitative estimate of drug-likeness (QED) is 0.518. The topological polar surface area (TPSA) is 82.6 Å². The monoisotopic (exact) mass is 304 g/mol. The lowest BCUT2D eigenvalue weighted by Gasteiger charge is -2.29. The molecule has 0 aromatic carbocycles. The van der Waals surface area contributed by atoms with Gasteiger partial charge in [0.2, 0.25) is 10.0 Å². The van der Waals surface area contributed by atoms with E-state index in [9.17, 15) is 8.42 Å². The van der Waals surface area contributed by atoms with Gasteiger partial charge in [0.05, 0.1) is 6.26 Å². The minimum absolute atomic E-state index is 0.473. The third-order valence-electron chi connectivity index (χ3n) is 3.33. The van der Waals surface area contributed by atoms with Gasteiger partial charge in [0, 0.05) is 25.2 Å². The Morgan fingerprint density at radius 1 is 1.25 bits per heavy atom. The Balaban J connectivity index is 2.44. The SMILES string of the molecule is CN=C(NCC(C)(C)NS(C)(=O)=O)NC1CCCCC1. The lowest BCUT2D eigenvalue weighted by Crippen LogP contribution is -2.54. The van der Waals surface area contributed by atoms with Crippen LogP contribution in [-0.2, 0) is 10.0 Å². The molecule has 20 heavy (non-hydrogen) atoms. The van der Waals surface area contributed by atoms with Gasteiger partial charge in [-0.1, -0.05) is 19.3 Å². The Morgan fingerprint density at radius 3 is 2.35 bits per heavy atom. The van der Waals surface area contributed by atoms with Crippen molar-refractivity contribution in [3.05, 3.63) is 0 Å². The molecule has 3 N–H and O–H groups in total. The molecule has 0 unspecified atom stereocenters. The van der Waals surface area contributed by atoms with Gasteiger partial charge in [0.1, 0.15) is 0 Å². The first-order chi connectivity index (χ1) is 9.22. The first-order valence-electron chi connectivity index (χ1n) is 7.18. The van der Waals surface area contributed by atoms with Crippen LogP contribution < -0.4 is 15.4 Å². The molecule has 0 spiro atoms. The molecule has 1 fully saturated rings. The molecule has 0 saturated heterocycles. The number of guanidine groups is 1. The molecule has 0 atom stereocenters. The third-order valence-corrected chi connectivity index (χ3v) is 4.25. The van der Waals surface area contributed by atoms with Crippen molar-refractivity contribution < 1.29 is 8.42 Å². The Morgan fingerprint density at radius 2 is 1.85 bits per heavy atom. The predicted octanol–water partition coefficient (Wildman–Crippen LogP) is 0.812. The molecule has 0 radical (unpaired) electrons. The second kappa shape index (κ2) is 7.26. The Kier molecular flexibility index (Phi) is 6.26. The van der Waals surface area contributed by atoms with Crippen molar-refractivity contribution in [3.63, 3.8) is 0 Å². The largest absolute Gasteiger partial charge is 0.355 e. The summed E-state index contributed by atoms with van der Waals surface area (Å²) in [5, 5.41) is 6.59. The van der Waals surface area contributed by atoms with Crippen LogP contribution in [0.15, 0.2) is 4.99 Å². The summed E-state index contributed by atoms with van der Waals surface area (Å²) >= 11 is 0. The summed E-state index contributed by atoms with van der Waals surface area (Å²) in [5.41, 5.74) is -0.558. The van der Waals surface area contributed by atoms with E-state index in [2.05, 4.69) is 20.3 Å². The number of nitrogens with one attached hydrogen (secondary N) is 3. The molecular formula is C13H28N4O2S. The van der Waals surface area contributed by atoms with Crippen LogP contribution in [0.3, 0.4) is 0 Å². The van der Waals surface area contributed by atoms with E-state index in [0.717, 1.165) is 5.96 Å². The lowest BCUT2D eigenvalue weighted by atomic mass is 9.96. The van der Waals surface area contributed by atoms with E-state index in [1.807, 2.05) is 13.8 Å². The van der Waals surface area contributed by atoms with Crippen LogP contribution >= 0.6 is 0 Å². The fourth-order valence-electron chi connectivity index (χ4n) is 2.48. The van der Waals surface area contributed by atoms with Crippen molar-refractivity contribution in [1.29, 1.82) is 0 Å². The highest BCUT2D eigenvalue weighted by atomic mass is 32.2. The molecule has 118 valence electrons. The first kappa shape index (κ1) is 17.2. The number of nitrogens with zero attached hydrogens (tertiary/aromatic N) is 1. The maximum Gasteiger partial charge on any atom is 0.209 e. The lowest BCUT2D eigenvalue weighted by molar-refractivity contribution is 0.404. The van der Waals surface area contributed by atoms with Gasteiger partial charge in [0.25, 0.3) is 0 Å². The van der Waals surface area contributed by atoms with Gasteiger partial charge in [-0.05, 0) is 26.7 Å². The van der Waals surface area contributed by atoms with Crippen LogP contribution in [-0.4, -0.2) is 45.8 Å². The van der Waals surface area contributed by atoms with Crippen molar-refractivity contribution in [2.24, 2.45) is 4.99 Å².